The van der Waals surface area contributed by atoms with E-state index in [4.69, 9.17) is 4.74 Å². The van der Waals surface area contributed by atoms with E-state index < -0.39 is 6.10 Å². The minimum atomic E-state index is -0.759. The Morgan fingerprint density at radius 2 is 2.04 bits per heavy atom. The Morgan fingerprint density at radius 3 is 2.79 bits per heavy atom. The van der Waals surface area contributed by atoms with Crippen LogP contribution >= 0.6 is 11.3 Å². The monoisotopic (exact) mass is 344 g/mol. The van der Waals surface area contributed by atoms with Gasteiger partial charge in [-0.05, 0) is 25.0 Å². The smallest absolute Gasteiger partial charge is 0.262 e. The maximum absolute atomic E-state index is 12.6. The van der Waals surface area contributed by atoms with Crippen molar-refractivity contribution in [3.8, 4) is 0 Å². The maximum atomic E-state index is 12.6. The van der Waals surface area contributed by atoms with Gasteiger partial charge >= 0.3 is 0 Å². The number of aliphatic hydroxyl groups excluding tert-OH is 1. The van der Waals surface area contributed by atoms with Crippen LogP contribution in [0, 0.1) is 13.8 Å². The Balaban J connectivity index is 1.65. The van der Waals surface area contributed by atoms with E-state index in [2.05, 4.69) is 4.98 Å². The molecular formula is C18H20N2O3S. The molecule has 0 saturated heterocycles. The van der Waals surface area contributed by atoms with Crippen LogP contribution in [0.4, 0.5) is 0 Å². The van der Waals surface area contributed by atoms with Crippen LogP contribution in [0.3, 0.4) is 0 Å². The molecule has 0 amide bonds. The number of thiophene rings is 1. The predicted molar refractivity (Wildman–Crippen MR) is 95.5 cm³/mol. The van der Waals surface area contributed by atoms with Gasteiger partial charge in [0.25, 0.3) is 5.56 Å². The molecule has 0 aliphatic rings. The molecule has 0 spiro atoms. The SMILES string of the molecule is Cc1sc2ncn(C[C@H](O)COCc3ccccc3)c(=O)c2c1C. The number of rotatable bonds is 6. The van der Waals surface area contributed by atoms with Crippen LogP contribution in [0.1, 0.15) is 16.0 Å². The van der Waals surface area contributed by atoms with Gasteiger partial charge in [-0.3, -0.25) is 9.36 Å². The van der Waals surface area contributed by atoms with Crippen LogP contribution in [0.2, 0.25) is 0 Å². The quantitative estimate of drug-likeness (QED) is 0.747. The van der Waals surface area contributed by atoms with Gasteiger partial charge in [0.2, 0.25) is 0 Å². The van der Waals surface area contributed by atoms with E-state index >= 15 is 0 Å². The molecule has 1 aromatic carbocycles. The molecule has 0 aliphatic carbocycles. The first-order chi connectivity index (χ1) is 11.6. The number of fused-ring (bicyclic) bond motifs is 1. The number of hydrogen-bond donors (Lipinski definition) is 1. The van der Waals surface area contributed by atoms with E-state index in [9.17, 15) is 9.90 Å². The first kappa shape index (κ1) is 16.8. The lowest BCUT2D eigenvalue weighted by atomic mass is 10.2. The fourth-order valence-corrected chi connectivity index (χ4v) is 3.55. The molecule has 0 fully saturated rings. The zero-order valence-electron chi connectivity index (χ0n) is 13.7. The summed E-state index contributed by atoms with van der Waals surface area (Å²) in [6.45, 7) is 4.69. The molecule has 3 aromatic rings. The molecule has 0 aliphatic heterocycles. The molecule has 0 saturated carbocycles. The second kappa shape index (κ2) is 7.25. The Labute approximate surface area is 144 Å². The summed E-state index contributed by atoms with van der Waals surface area (Å²) >= 11 is 1.52. The average molecular weight is 344 g/mol. The molecule has 2 aromatic heterocycles. The third-order valence-corrected chi connectivity index (χ3v) is 5.10. The van der Waals surface area contributed by atoms with E-state index in [0.29, 0.717) is 12.0 Å². The highest BCUT2D eigenvalue weighted by molar-refractivity contribution is 7.18. The van der Waals surface area contributed by atoms with Gasteiger partial charge in [-0.2, -0.15) is 0 Å². The van der Waals surface area contributed by atoms with E-state index in [0.717, 1.165) is 20.8 Å². The molecule has 6 heteroatoms. The van der Waals surface area contributed by atoms with Crippen LogP contribution in [0.25, 0.3) is 10.2 Å². The van der Waals surface area contributed by atoms with Gasteiger partial charge in [0.05, 0.1) is 37.6 Å². The third kappa shape index (κ3) is 3.56. The summed E-state index contributed by atoms with van der Waals surface area (Å²) in [7, 11) is 0. The minimum Gasteiger partial charge on any atom is -0.389 e. The number of aliphatic hydroxyl groups is 1. The number of aromatic nitrogens is 2. The summed E-state index contributed by atoms with van der Waals surface area (Å²) in [4.78, 5) is 18.8. The number of ether oxygens (including phenoxy) is 1. The van der Waals surface area contributed by atoms with Gasteiger partial charge < -0.3 is 9.84 Å². The van der Waals surface area contributed by atoms with Crippen LogP contribution in [-0.2, 0) is 17.9 Å². The molecule has 24 heavy (non-hydrogen) atoms. The Bertz CT molecular complexity index is 886. The van der Waals surface area contributed by atoms with Gasteiger partial charge in [0, 0.05) is 4.88 Å². The first-order valence-corrected chi connectivity index (χ1v) is 8.62. The van der Waals surface area contributed by atoms with Crippen LogP contribution in [0.15, 0.2) is 41.5 Å². The number of nitrogens with zero attached hydrogens (tertiary/aromatic N) is 2. The lowest BCUT2D eigenvalue weighted by Crippen LogP contribution is -2.29. The summed E-state index contributed by atoms with van der Waals surface area (Å²) in [5.74, 6) is 0. The number of hydrogen-bond acceptors (Lipinski definition) is 5. The number of aryl methyl sites for hydroxylation is 2. The third-order valence-electron chi connectivity index (χ3n) is 3.99. The molecular weight excluding hydrogens is 324 g/mol. The summed E-state index contributed by atoms with van der Waals surface area (Å²) in [6, 6.07) is 9.77. The summed E-state index contributed by atoms with van der Waals surface area (Å²) in [5.41, 5.74) is 1.91. The first-order valence-electron chi connectivity index (χ1n) is 7.81. The van der Waals surface area contributed by atoms with Crippen molar-refractivity contribution in [3.05, 3.63) is 63.0 Å². The van der Waals surface area contributed by atoms with Crippen molar-refractivity contribution in [2.75, 3.05) is 6.61 Å². The van der Waals surface area contributed by atoms with E-state index in [1.807, 2.05) is 44.2 Å². The van der Waals surface area contributed by atoms with Crippen molar-refractivity contribution < 1.29 is 9.84 Å². The molecule has 0 unspecified atom stereocenters. The summed E-state index contributed by atoms with van der Waals surface area (Å²) in [6.07, 6.45) is 0.742. The highest BCUT2D eigenvalue weighted by atomic mass is 32.1. The van der Waals surface area contributed by atoms with Crippen molar-refractivity contribution in [2.24, 2.45) is 0 Å². The highest BCUT2D eigenvalue weighted by Gasteiger charge is 2.14. The average Bonchev–Trinajstić information content (AvgIpc) is 2.86. The molecule has 1 atom stereocenters. The maximum Gasteiger partial charge on any atom is 0.262 e. The predicted octanol–water partition coefficient (Wildman–Crippen LogP) is 2.65. The molecule has 5 nitrogen and oxygen atoms in total. The standard InChI is InChI=1S/C18H20N2O3S/c1-12-13(2)24-17-16(12)18(22)20(11-19-17)8-15(21)10-23-9-14-6-4-3-5-7-14/h3-7,11,15,21H,8-10H2,1-2H3/t15-/m0/s1. The van der Waals surface area contributed by atoms with Crippen molar-refractivity contribution >= 4 is 21.6 Å². The lowest BCUT2D eigenvalue weighted by Gasteiger charge is -2.13. The molecule has 0 bridgehead atoms. The Morgan fingerprint density at radius 1 is 1.29 bits per heavy atom. The molecule has 0 radical (unpaired) electrons. The highest BCUT2D eigenvalue weighted by Crippen LogP contribution is 2.25. The van der Waals surface area contributed by atoms with Gasteiger partial charge in [-0.25, -0.2) is 4.98 Å². The second-order valence-electron chi connectivity index (χ2n) is 5.82. The largest absolute Gasteiger partial charge is 0.389 e. The van der Waals surface area contributed by atoms with Gasteiger partial charge in [0.1, 0.15) is 4.83 Å². The molecule has 1 N–H and O–H groups in total. The summed E-state index contributed by atoms with van der Waals surface area (Å²) < 4.78 is 6.98. The van der Waals surface area contributed by atoms with Crippen LogP contribution < -0.4 is 5.56 Å². The van der Waals surface area contributed by atoms with Crippen molar-refractivity contribution in [1.82, 2.24) is 9.55 Å². The second-order valence-corrected chi connectivity index (χ2v) is 7.02. The van der Waals surface area contributed by atoms with Gasteiger partial charge in [0.15, 0.2) is 0 Å². The van der Waals surface area contributed by atoms with Gasteiger partial charge in [-0.1, -0.05) is 30.3 Å². The van der Waals surface area contributed by atoms with E-state index in [1.54, 1.807) is 0 Å². The topological polar surface area (TPSA) is 64.3 Å². The Kier molecular flexibility index (Phi) is 5.08. The van der Waals surface area contributed by atoms with Crippen LogP contribution in [-0.4, -0.2) is 27.4 Å². The fourth-order valence-electron chi connectivity index (χ4n) is 2.57. The molecule has 126 valence electrons. The molecule has 3 rings (SSSR count). The van der Waals surface area contributed by atoms with Crippen molar-refractivity contribution in [3.63, 3.8) is 0 Å². The zero-order valence-corrected chi connectivity index (χ0v) is 14.5. The van der Waals surface area contributed by atoms with Crippen LogP contribution in [0.5, 0.6) is 0 Å². The zero-order chi connectivity index (χ0) is 17.1. The summed E-state index contributed by atoms with van der Waals surface area (Å²) in [5, 5.41) is 10.8. The normalized spacial score (nSPS) is 12.6. The van der Waals surface area contributed by atoms with Crippen molar-refractivity contribution in [1.29, 1.82) is 0 Å². The van der Waals surface area contributed by atoms with E-state index in [-0.39, 0.29) is 18.7 Å². The lowest BCUT2D eigenvalue weighted by molar-refractivity contribution is 0.0198. The fraction of sp³-hybridized carbons (Fsp3) is 0.333. The molecule has 2 heterocycles. The van der Waals surface area contributed by atoms with E-state index in [1.165, 1.54) is 22.2 Å². The van der Waals surface area contributed by atoms with Crippen molar-refractivity contribution in [2.45, 2.75) is 33.1 Å². The minimum absolute atomic E-state index is 0.107. The number of benzene rings is 1. The van der Waals surface area contributed by atoms with Gasteiger partial charge in [-0.15, -0.1) is 11.3 Å². The Hall–Kier alpha value is -2.02.